The molecule has 19 heavy (non-hydrogen) atoms. The van der Waals surface area contributed by atoms with E-state index in [4.69, 9.17) is 0 Å². The van der Waals surface area contributed by atoms with Gasteiger partial charge in [-0.3, -0.25) is 0 Å². The molecule has 1 heteroatoms. The molecule has 1 aromatic carbocycles. The lowest BCUT2D eigenvalue weighted by atomic mass is 9.64. The third-order valence-corrected chi connectivity index (χ3v) is 4.97. The zero-order valence-electron chi connectivity index (χ0n) is 12.5. The van der Waals surface area contributed by atoms with Gasteiger partial charge in [0.1, 0.15) is 7.05 Å². The Morgan fingerprint density at radius 2 is 1.84 bits per heavy atom. The van der Waals surface area contributed by atoms with Gasteiger partial charge in [0.25, 0.3) is 0 Å². The Kier molecular flexibility index (Phi) is 2.57. The van der Waals surface area contributed by atoms with E-state index in [0.29, 0.717) is 5.92 Å². The number of rotatable bonds is 0. The SMILES string of the molecule is Cc1cccc2c1-c1c(ccc[n+]1C)C(C)(C)C2C. The van der Waals surface area contributed by atoms with E-state index in [1.54, 1.807) is 0 Å². The lowest BCUT2D eigenvalue weighted by molar-refractivity contribution is -0.661. The number of nitrogens with zero attached hydrogens (tertiary/aromatic N) is 1. The molecule has 1 aliphatic carbocycles. The maximum Gasteiger partial charge on any atom is 0.216 e. The van der Waals surface area contributed by atoms with Crippen molar-refractivity contribution in [1.82, 2.24) is 0 Å². The van der Waals surface area contributed by atoms with Crippen LogP contribution in [0.25, 0.3) is 11.3 Å². The van der Waals surface area contributed by atoms with E-state index in [2.05, 4.69) is 75.8 Å². The van der Waals surface area contributed by atoms with E-state index in [0.717, 1.165) is 0 Å². The minimum Gasteiger partial charge on any atom is -0.201 e. The van der Waals surface area contributed by atoms with Crippen molar-refractivity contribution in [2.75, 3.05) is 0 Å². The van der Waals surface area contributed by atoms with Gasteiger partial charge < -0.3 is 0 Å². The molecule has 0 saturated carbocycles. The summed E-state index contributed by atoms with van der Waals surface area (Å²) in [5, 5.41) is 0. The third kappa shape index (κ3) is 1.57. The van der Waals surface area contributed by atoms with Crippen molar-refractivity contribution < 1.29 is 4.57 Å². The van der Waals surface area contributed by atoms with Gasteiger partial charge in [-0.05, 0) is 30.0 Å². The summed E-state index contributed by atoms with van der Waals surface area (Å²) in [7, 11) is 2.15. The van der Waals surface area contributed by atoms with Crippen molar-refractivity contribution in [3.8, 4) is 11.3 Å². The monoisotopic (exact) mass is 252 g/mol. The predicted molar refractivity (Wildman–Crippen MR) is 79.2 cm³/mol. The molecule has 0 amide bonds. The Bertz CT molecular complexity index is 653. The second-order valence-electron chi connectivity index (χ2n) is 6.36. The summed E-state index contributed by atoms with van der Waals surface area (Å²) >= 11 is 0. The number of benzene rings is 1. The van der Waals surface area contributed by atoms with Gasteiger partial charge in [0.05, 0.1) is 5.56 Å². The highest BCUT2D eigenvalue weighted by Crippen LogP contribution is 2.49. The summed E-state index contributed by atoms with van der Waals surface area (Å²) in [5.74, 6) is 0.539. The van der Waals surface area contributed by atoms with Crippen LogP contribution in [0.3, 0.4) is 0 Å². The molecule has 1 aromatic heterocycles. The van der Waals surface area contributed by atoms with Gasteiger partial charge in [0.2, 0.25) is 5.69 Å². The first-order valence-electron chi connectivity index (χ1n) is 7.03. The van der Waals surface area contributed by atoms with Crippen molar-refractivity contribution in [2.24, 2.45) is 7.05 Å². The first-order valence-corrected chi connectivity index (χ1v) is 7.03. The quantitative estimate of drug-likeness (QED) is 0.626. The van der Waals surface area contributed by atoms with Crippen LogP contribution in [0.2, 0.25) is 0 Å². The van der Waals surface area contributed by atoms with Crippen LogP contribution in [0.1, 0.15) is 43.4 Å². The molecule has 0 fully saturated rings. The van der Waals surface area contributed by atoms with E-state index in [9.17, 15) is 0 Å². The third-order valence-electron chi connectivity index (χ3n) is 4.97. The molecular formula is C18H22N+. The molecule has 3 rings (SSSR count). The Morgan fingerprint density at radius 3 is 2.58 bits per heavy atom. The van der Waals surface area contributed by atoms with Crippen molar-refractivity contribution in [3.63, 3.8) is 0 Å². The number of hydrogen-bond acceptors (Lipinski definition) is 0. The Labute approximate surface area is 115 Å². The second-order valence-corrected chi connectivity index (χ2v) is 6.36. The summed E-state index contributed by atoms with van der Waals surface area (Å²) in [4.78, 5) is 0. The minimum absolute atomic E-state index is 0.176. The first-order chi connectivity index (χ1) is 8.94. The summed E-state index contributed by atoms with van der Waals surface area (Å²) in [6, 6.07) is 11.2. The molecule has 0 radical (unpaired) electrons. The number of fused-ring (bicyclic) bond motifs is 3. The van der Waals surface area contributed by atoms with Crippen molar-refractivity contribution in [1.29, 1.82) is 0 Å². The fourth-order valence-electron chi connectivity index (χ4n) is 3.44. The molecule has 2 aromatic rings. The van der Waals surface area contributed by atoms with Gasteiger partial charge in [-0.1, -0.05) is 39.0 Å². The van der Waals surface area contributed by atoms with Crippen LogP contribution in [0.5, 0.6) is 0 Å². The molecule has 0 bridgehead atoms. The molecular weight excluding hydrogens is 230 g/mol. The van der Waals surface area contributed by atoms with Crippen LogP contribution in [-0.2, 0) is 12.5 Å². The fraction of sp³-hybridized carbons (Fsp3) is 0.389. The van der Waals surface area contributed by atoms with Crippen LogP contribution < -0.4 is 4.57 Å². The molecule has 1 atom stereocenters. The number of pyridine rings is 1. The van der Waals surface area contributed by atoms with Crippen molar-refractivity contribution >= 4 is 0 Å². The minimum atomic E-state index is 0.176. The van der Waals surface area contributed by atoms with E-state index in [1.165, 1.54) is 27.9 Å². The number of hydrogen-bond donors (Lipinski definition) is 0. The Hall–Kier alpha value is -1.63. The average Bonchev–Trinajstić information content (AvgIpc) is 2.36. The molecule has 0 saturated heterocycles. The highest BCUT2D eigenvalue weighted by Gasteiger charge is 2.41. The maximum absolute atomic E-state index is 2.36. The second kappa shape index (κ2) is 3.93. The predicted octanol–water partition coefficient (Wildman–Crippen LogP) is 3.88. The summed E-state index contributed by atoms with van der Waals surface area (Å²) in [6.45, 7) is 9.30. The fourth-order valence-corrected chi connectivity index (χ4v) is 3.44. The summed E-state index contributed by atoms with van der Waals surface area (Å²) in [5.41, 5.74) is 7.33. The molecule has 1 nitrogen and oxygen atoms in total. The normalized spacial score (nSPS) is 19.7. The molecule has 0 N–H and O–H groups in total. The van der Waals surface area contributed by atoms with E-state index in [1.807, 2.05) is 0 Å². The van der Waals surface area contributed by atoms with Gasteiger partial charge in [0, 0.05) is 17.0 Å². The zero-order chi connectivity index (χ0) is 13.8. The topological polar surface area (TPSA) is 3.88 Å². The Balaban J connectivity index is 2.46. The van der Waals surface area contributed by atoms with Gasteiger partial charge in [-0.25, -0.2) is 4.57 Å². The zero-order valence-corrected chi connectivity index (χ0v) is 12.5. The van der Waals surface area contributed by atoms with Crippen molar-refractivity contribution in [3.05, 3.63) is 53.2 Å². The van der Waals surface area contributed by atoms with E-state index >= 15 is 0 Å². The summed E-state index contributed by atoms with van der Waals surface area (Å²) in [6.07, 6.45) is 2.15. The van der Waals surface area contributed by atoms with Crippen LogP contribution in [0, 0.1) is 6.92 Å². The highest BCUT2D eigenvalue weighted by atomic mass is 14.9. The highest BCUT2D eigenvalue weighted by molar-refractivity contribution is 5.73. The Morgan fingerprint density at radius 1 is 1.11 bits per heavy atom. The molecule has 1 heterocycles. The van der Waals surface area contributed by atoms with Gasteiger partial charge in [0.15, 0.2) is 6.20 Å². The van der Waals surface area contributed by atoms with Gasteiger partial charge in [-0.15, -0.1) is 0 Å². The van der Waals surface area contributed by atoms with Crippen molar-refractivity contribution in [2.45, 2.75) is 39.0 Å². The molecule has 0 aliphatic heterocycles. The maximum atomic E-state index is 2.36. The molecule has 98 valence electrons. The van der Waals surface area contributed by atoms with E-state index in [-0.39, 0.29) is 5.41 Å². The standard InChI is InChI=1S/C18H22N/c1-12-8-6-9-14-13(2)18(3,4)15-10-7-11-19(5)17(15)16(12)14/h6-11,13H,1-5H3/q+1. The largest absolute Gasteiger partial charge is 0.216 e. The molecule has 1 aliphatic rings. The van der Waals surface area contributed by atoms with E-state index < -0.39 is 0 Å². The van der Waals surface area contributed by atoms with Gasteiger partial charge >= 0.3 is 0 Å². The lowest BCUT2D eigenvalue weighted by Gasteiger charge is -2.38. The number of aryl methyl sites for hydroxylation is 2. The van der Waals surface area contributed by atoms with Crippen LogP contribution in [0.4, 0.5) is 0 Å². The average molecular weight is 252 g/mol. The summed E-state index contributed by atoms with van der Waals surface area (Å²) < 4.78 is 2.27. The molecule has 0 spiro atoms. The first kappa shape index (κ1) is 12.4. The van der Waals surface area contributed by atoms with Crippen LogP contribution in [0.15, 0.2) is 36.5 Å². The van der Waals surface area contributed by atoms with Gasteiger partial charge in [-0.2, -0.15) is 0 Å². The van der Waals surface area contributed by atoms with Crippen LogP contribution in [-0.4, -0.2) is 0 Å². The van der Waals surface area contributed by atoms with Crippen LogP contribution >= 0.6 is 0 Å². The lowest BCUT2D eigenvalue weighted by Crippen LogP contribution is -2.40. The number of aromatic nitrogens is 1. The molecule has 1 unspecified atom stereocenters. The smallest absolute Gasteiger partial charge is 0.201 e.